The van der Waals surface area contributed by atoms with Gasteiger partial charge in [0.05, 0.1) is 12.2 Å². The fourth-order valence-electron chi connectivity index (χ4n) is 2.60. The first-order chi connectivity index (χ1) is 11.5. The van der Waals surface area contributed by atoms with Crippen molar-refractivity contribution >= 4 is 17.6 Å². The minimum absolute atomic E-state index is 0.00538. The van der Waals surface area contributed by atoms with Crippen molar-refractivity contribution in [2.75, 3.05) is 6.61 Å². The van der Waals surface area contributed by atoms with Gasteiger partial charge < -0.3 is 14.6 Å². The van der Waals surface area contributed by atoms with Gasteiger partial charge in [-0.1, -0.05) is 5.11 Å². The zero-order valence-electron chi connectivity index (χ0n) is 15.3. The van der Waals surface area contributed by atoms with Gasteiger partial charge in [0, 0.05) is 10.6 Å². The zero-order valence-corrected chi connectivity index (χ0v) is 15.3. The number of esters is 1. The Hall–Kier alpha value is -2.57. The monoisotopic (exact) mass is 349 g/mol. The molecule has 1 aromatic rings. The summed E-state index contributed by atoms with van der Waals surface area (Å²) < 4.78 is 10.5. The molecule has 1 rings (SSSR count). The number of aromatic carboxylic acids is 1. The Morgan fingerprint density at radius 3 is 2.24 bits per heavy atom. The smallest absolute Gasteiger partial charge is 0.336 e. The third kappa shape index (κ3) is 5.20. The van der Waals surface area contributed by atoms with Crippen LogP contribution in [0.4, 0.5) is 5.69 Å². The summed E-state index contributed by atoms with van der Waals surface area (Å²) >= 11 is 0. The summed E-state index contributed by atoms with van der Waals surface area (Å²) in [6, 6.07) is 0. The summed E-state index contributed by atoms with van der Waals surface area (Å²) in [7, 11) is 0. The molecule has 0 aliphatic rings. The van der Waals surface area contributed by atoms with E-state index in [4.69, 9.17) is 15.0 Å². The van der Waals surface area contributed by atoms with Crippen LogP contribution in [0.3, 0.4) is 0 Å². The van der Waals surface area contributed by atoms with Crippen molar-refractivity contribution in [3.05, 3.63) is 38.3 Å². The van der Waals surface area contributed by atoms with Crippen LogP contribution in [0, 0.1) is 20.8 Å². The third-order valence-corrected chi connectivity index (χ3v) is 3.61. The van der Waals surface area contributed by atoms with E-state index in [0.717, 1.165) is 0 Å². The van der Waals surface area contributed by atoms with Gasteiger partial charge in [0.1, 0.15) is 12.2 Å². The molecule has 0 amide bonds. The van der Waals surface area contributed by atoms with Crippen LogP contribution in [-0.2, 0) is 20.9 Å². The second-order valence-corrected chi connectivity index (χ2v) is 6.65. The molecule has 1 N–H and O–H groups in total. The number of carboxylic acids is 1. The molecule has 0 spiro atoms. The Balaban J connectivity index is 3.13. The second-order valence-electron chi connectivity index (χ2n) is 6.65. The number of rotatable bonds is 6. The molecule has 136 valence electrons. The van der Waals surface area contributed by atoms with Crippen molar-refractivity contribution in [1.82, 2.24) is 0 Å². The highest BCUT2D eigenvalue weighted by Gasteiger charge is 2.21. The molecule has 0 atom stereocenters. The van der Waals surface area contributed by atoms with Crippen LogP contribution >= 0.6 is 0 Å². The molecule has 0 bridgehead atoms. The fraction of sp³-hybridized carbons (Fsp3) is 0.529. The van der Waals surface area contributed by atoms with E-state index in [1.54, 1.807) is 41.5 Å². The van der Waals surface area contributed by atoms with E-state index >= 15 is 0 Å². The molecule has 0 unspecified atom stereocenters. The number of benzene rings is 1. The Labute approximate surface area is 146 Å². The van der Waals surface area contributed by atoms with Crippen molar-refractivity contribution < 1.29 is 24.2 Å². The highest BCUT2D eigenvalue weighted by atomic mass is 16.6. The van der Waals surface area contributed by atoms with Gasteiger partial charge >= 0.3 is 11.9 Å². The van der Waals surface area contributed by atoms with E-state index in [2.05, 4.69) is 10.0 Å². The van der Waals surface area contributed by atoms with Gasteiger partial charge in [-0.3, -0.25) is 0 Å². The third-order valence-electron chi connectivity index (χ3n) is 3.61. The molecule has 0 radical (unpaired) electrons. The Bertz CT molecular complexity index is 715. The van der Waals surface area contributed by atoms with Crippen molar-refractivity contribution in [2.24, 2.45) is 5.11 Å². The molecule has 0 fully saturated rings. The van der Waals surface area contributed by atoms with Crippen molar-refractivity contribution in [1.29, 1.82) is 0 Å². The molecule has 0 saturated heterocycles. The van der Waals surface area contributed by atoms with Gasteiger partial charge in [0.25, 0.3) is 0 Å². The van der Waals surface area contributed by atoms with E-state index in [9.17, 15) is 14.7 Å². The predicted molar refractivity (Wildman–Crippen MR) is 91.9 cm³/mol. The van der Waals surface area contributed by atoms with Crippen LogP contribution < -0.4 is 0 Å². The van der Waals surface area contributed by atoms with Crippen LogP contribution in [0.25, 0.3) is 10.4 Å². The number of hydrogen-bond acceptors (Lipinski definition) is 5. The van der Waals surface area contributed by atoms with Crippen molar-refractivity contribution in [3.63, 3.8) is 0 Å². The van der Waals surface area contributed by atoms with Gasteiger partial charge in [0.15, 0.2) is 0 Å². The van der Waals surface area contributed by atoms with Crippen LogP contribution in [0.2, 0.25) is 0 Å². The molecule has 0 aliphatic carbocycles. The van der Waals surface area contributed by atoms with Gasteiger partial charge in [-0.05, 0) is 69.3 Å². The van der Waals surface area contributed by atoms with Gasteiger partial charge in [-0.15, -0.1) is 0 Å². The SMILES string of the molecule is Cc1c(COCC(=O)OC(C)(C)C)c(C)c(C(=O)O)c(C)c1N=[N+]=[N-]. The Kier molecular flexibility index (Phi) is 6.55. The van der Waals surface area contributed by atoms with Crippen LogP contribution in [0.5, 0.6) is 0 Å². The number of carboxylic acid groups (broad SMARTS) is 1. The maximum Gasteiger partial charge on any atom is 0.336 e. The van der Waals surface area contributed by atoms with Crippen LogP contribution in [0.1, 0.15) is 53.4 Å². The minimum atomic E-state index is -1.11. The molecule has 25 heavy (non-hydrogen) atoms. The molecular weight excluding hydrogens is 326 g/mol. The summed E-state index contributed by atoms with van der Waals surface area (Å²) in [6.45, 7) is 9.99. The van der Waals surface area contributed by atoms with E-state index < -0.39 is 17.5 Å². The predicted octanol–water partition coefficient (Wildman–Crippen LogP) is 4.11. The van der Waals surface area contributed by atoms with E-state index in [-0.39, 0.29) is 24.5 Å². The average molecular weight is 349 g/mol. The minimum Gasteiger partial charge on any atom is -0.478 e. The largest absolute Gasteiger partial charge is 0.478 e. The normalized spacial score (nSPS) is 11.0. The topological polar surface area (TPSA) is 122 Å². The fourth-order valence-corrected chi connectivity index (χ4v) is 2.60. The summed E-state index contributed by atoms with van der Waals surface area (Å²) in [5.74, 6) is -1.62. The zero-order chi connectivity index (χ0) is 19.4. The number of nitrogens with zero attached hydrogens (tertiary/aromatic N) is 3. The van der Waals surface area contributed by atoms with Crippen molar-refractivity contribution in [3.8, 4) is 0 Å². The number of hydrogen-bond donors (Lipinski definition) is 1. The molecule has 0 aromatic heterocycles. The molecular formula is C17H23N3O5. The maximum atomic E-state index is 11.7. The van der Waals surface area contributed by atoms with E-state index in [0.29, 0.717) is 22.3 Å². The maximum absolute atomic E-state index is 11.7. The van der Waals surface area contributed by atoms with Crippen LogP contribution in [-0.4, -0.2) is 29.3 Å². The lowest BCUT2D eigenvalue weighted by molar-refractivity contribution is -0.160. The molecule has 0 heterocycles. The highest BCUT2D eigenvalue weighted by molar-refractivity contribution is 5.93. The van der Waals surface area contributed by atoms with Gasteiger partial charge in [-0.25, -0.2) is 9.59 Å². The quantitative estimate of drug-likeness (QED) is 0.358. The Morgan fingerprint density at radius 2 is 1.76 bits per heavy atom. The number of carbonyl (C=O) groups is 2. The lowest BCUT2D eigenvalue weighted by Crippen LogP contribution is -2.26. The molecule has 1 aromatic carbocycles. The first-order valence-electron chi connectivity index (χ1n) is 7.70. The Morgan fingerprint density at radius 1 is 1.16 bits per heavy atom. The van der Waals surface area contributed by atoms with Gasteiger partial charge in [-0.2, -0.15) is 0 Å². The van der Waals surface area contributed by atoms with Crippen LogP contribution in [0.15, 0.2) is 5.11 Å². The number of carbonyl (C=O) groups excluding carboxylic acids is 1. The highest BCUT2D eigenvalue weighted by Crippen LogP contribution is 2.34. The lowest BCUT2D eigenvalue weighted by Gasteiger charge is -2.20. The standard InChI is InChI=1S/C17H23N3O5/c1-9-12(7-24-8-13(21)25-17(4,5)6)10(2)15(19-20-18)11(3)14(9)16(22)23/h7-8H2,1-6H3,(H,22,23). The number of azide groups is 1. The summed E-state index contributed by atoms with van der Waals surface area (Å²) in [5.41, 5.74) is 10.6. The first kappa shape index (κ1) is 20.5. The average Bonchev–Trinajstić information content (AvgIpc) is 2.45. The summed E-state index contributed by atoms with van der Waals surface area (Å²) in [4.78, 5) is 26.0. The molecule has 0 aliphatic heterocycles. The van der Waals surface area contributed by atoms with Crippen molar-refractivity contribution in [2.45, 2.75) is 53.8 Å². The summed E-state index contributed by atoms with van der Waals surface area (Å²) in [6.07, 6.45) is 0. The molecule has 8 nitrogen and oxygen atoms in total. The number of ether oxygens (including phenoxy) is 2. The first-order valence-corrected chi connectivity index (χ1v) is 7.70. The summed E-state index contributed by atoms with van der Waals surface area (Å²) in [5, 5.41) is 13.1. The van der Waals surface area contributed by atoms with E-state index in [1.807, 2.05) is 0 Å². The van der Waals surface area contributed by atoms with E-state index in [1.165, 1.54) is 0 Å². The molecule has 0 saturated carbocycles. The van der Waals surface area contributed by atoms with Gasteiger partial charge in [0.2, 0.25) is 0 Å². The second kappa shape index (κ2) is 8.00. The molecule has 8 heteroatoms. The lowest BCUT2D eigenvalue weighted by atomic mass is 9.92.